The lowest BCUT2D eigenvalue weighted by Gasteiger charge is -2.20. The van der Waals surface area contributed by atoms with Crippen LogP contribution in [0.25, 0.3) is 75.4 Å². The van der Waals surface area contributed by atoms with Crippen LogP contribution in [0.4, 0.5) is 0 Å². The topological polar surface area (TPSA) is 34.1 Å². The summed E-state index contributed by atoms with van der Waals surface area (Å²) in [6.07, 6.45) is 0. The third-order valence-electron chi connectivity index (χ3n) is 7.56. The lowest BCUT2D eigenvalue weighted by molar-refractivity contribution is 1.65. The van der Waals surface area contributed by atoms with Crippen LogP contribution in [0.15, 0.2) is 88.1 Å². The molecule has 0 bridgehead atoms. The van der Waals surface area contributed by atoms with Gasteiger partial charge in [-0.3, -0.25) is 9.59 Å². The van der Waals surface area contributed by atoms with Gasteiger partial charge < -0.3 is 0 Å². The second-order valence-electron chi connectivity index (χ2n) is 9.24. The maximum atomic E-state index is 13.7. The summed E-state index contributed by atoms with van der Waals surface area (Å²) in [7, 11) is 0. The van der Waals surface area contributed by atoms with Crippen LogP contribution in [0.3, 0.4) is 0 Å². The minimum Gasteiger partial charge on any atom is -0.289 e. The summed E-state index contributed by atoms with van der Waals surface area (Å²) < 4.78 is 3.55. The summed E-state index contributed by atoms with van der Waals surface area (Å²) in [5.74, 6) is 0. The molecule has 0 heterocycles. The first-order valence-corrected chi connectivity index (χ1v) is 14.4. The van der Waals surface area contributed by atoms with Crippen molar-refractivity contribution < 1.29 is 0 Å². The van der Waals surface area contributed by atoms with E-state index in [-0.39, 0.29) is 10.9 Å². The number of benzene rings is 8. The van der Waals surface area contributed by atoms with Crippen LogP contribution < -0.4 is 10.9 Å². The summed E-state index contributed by atoms with van der Waals surface area (Å²) in [4.78, 5) is 27.4. The molecule has 0 fully saturated rings. The van der Waals surface area contributed by atoms with Crippen LogP contribution in [0.1, 0.15) is 0 Å². The quantitative estimate of drug-likeness (QED) is 0.115. The summed E-state index contributed by atoms with van der Waals surface area (Å²) in [5.41, 5.74) is 0.0304. The van der Waals surface area contributed by atoms with E-state index in [0.717, 1.165) is 71.8 Å². The van der Waals surface area contributed by atoms with Crippen LogP contribution >= 0.6 is 63.7 Å². The maximum absolute atomic E-state index is 13.7. The average Bonchev–Trinajstić information content (AvgIpc) is 2.88. The van der Waals surface area contributed by atoms with Crippen molar-refractivity contribution >= 4 is 139 Å². The largest absolute Gasteiger partial charge is 0.289 e. The molecule has 36 heavy (non-hydrogen) atoms. The second kappa shape index (κ2) is 7.13. The molecule has 6 heteroatoms. The molecule has 0 spiro atoms. The Morgan fingerprint density at radius 3 is 1.86 bits per heavy atom. The Morgan fingerprint density at radius 2 is 1.03 bits per heavy atom. The fourth-order valence-electron chi connectivity index (χ4n) is 6.10. The standard InChI is InChI=1S/C30H10Br4O2/c31-12-2-4-13-18-9-11-1-3-16-24-21(11)23-14(5-6-15(22(18)23)30(36)19(13)10-12)27(33)26(24)25-17(29(16)35)7-8-20(32)28(25)34/h1-10H. The normalized spacial score (nSPS) is 12.7. The van der Waals surface area contributed by atoms with Gasteiger partial charge in [-0.25, -0.2) is 0 Å². The van der Waals surface area contributed by atoms with E-state index in [1.165, 1.54) is 0 Å². The highest BCUT2D eigenvalue weighted by atomic mass is 79.9. The summed E-state index contributed by atoms with van der Waals surface area (Å²) in [5, 5.41) is 12.6. The number of rotatable bonds is 0. The molecule has 8 aromatic carbocycles. The van der Waals surface area contributed by atoms with E-state index in [1.54, 1.807) is 0 Å². The number of hydrogen-bond donors (Lipinski definition) is 0. The predicted octanol–water partition coefficient (Wildman–Crippen LogP) is 9.84. The van der Waals surface area contributed by atoms with Gasteiger partial charge in [0.15, 0.2) is 10.9 Å². The van der Waals surface area contributed by atoms with Crippen molar-refractivity contribution in [2.45, 2.75) is 0 Å². The van der Waals surface area contributed by atoms with Crippen LogP contribution in [0.2, 0.25) is 0 Å². The first kappa shape index (κ1) is 21.7. The van der Waals surface area contributed by atoms with E-state index >= 15 is 0 Å². The van der Waals surface area contributed by atoms with Crippen LogP contribution in [-0.2, 0) is 0 Å². The third kappa shape index (κ3) is 2.47. The van der Waals surface area contributed by atoms with Crippen molar-refractivity contribution in [1.82, 2.24) is 0 Å². The maximum Gasteiger partial charge on any atom is 0.194 e. The molecule has 0 saturated carbocycles. The van der Waals surface area contributed by atoms with Gasteiger partial charge >= 0.3 is 0 Å². The van der Waals surface area contributed by atoms with Gasteiger partial charge in [0.05, 0.1) is 0 Å². The first-order valence-electron chi connectivity index (χ1n) is 11.2. The molecule has 0 N–H and O–H groups in total. The SMILES string of the molecule is O=c1c2cc(Br)ccc2c2cc3ccc4c(=O)c5ccc(Br)c(Br)c5c5c(Br)c6ccc1c2c6c3c45. The van der Waals surface area contributed by atoms with Crippen molar-refractivity contribution in [2.24, 2.45) is 0 Å². The highest BCUT2D eigenvalue weighted by Gasteiger charge is 2.25. The van der Waals surface area contributed by atoms with Crippen molar-refractivity contribution in [3.8, 4) is 0 Å². The molecular weight excluding hydrogens is 712 g/mol. The van der Waals surface area contributed by atoms with Crippen molar-refractivity contribution in [1.29, 1.82) is 0 Å². The Labute approximate surface area is 236 Å². The van der Waals surface area contributed by atoms with Gasteiger partial charge in [-0.1, -0.05) is 34.1 Å². The zero-order chi connectivity index (χ0) is 24.6. The van der Waals surface area contributed by atoms with Gasteiger partial charge in [-0.15, -0.1) is 0 Å². The smallest absolute Gasteiger partial charge is 0.194 e. The zero-order valence-corrected chi connectivity index (χ0v) is 24.4. The zero-order valence-electron chi connectivity index (χ0n) is 18.1. The van der Waals surface area contributed by atoms with E-state index < -0.39 is 0 Å². The van der Waals surface area contributed by atoms with E-state index in [1.807, 2.05) is 54.6 Å². The minimum absolute atomic E-state index is 0.00866. The van der Waals surface area contributed by atoms with Crippen molar-refractivity contribution in [3.63, 3.8) is 0 Å². The molecule has 8 rings (SSSR count). The lowest BCUT2D eigenvalue weighted by Crippen LogP contribution is -2.07. The van der Waals surface area contributed by atoms with Gasteiger partial charge in [0.1, 0.15) is 0 Å². The van der Waals surface area contributed by atoms with Crippen molar-refractivity contribution in [2.75, 3.05) is 0 Å². The molecule has 0 aromatic heterocycles. The molecule has 170 valence electrons. The van der Waals surface area contributed by atoms with Crippen LogP contribution in [-0.4, -0.2) is 0 Å². The first-order chi connectivity index (χ1) is 17.4. The van der Waals surface area contributed by atoms with E-state index in [4.69, 9.17) is 0 Å². The molecule has 0 unspecified atom stereocenters. The highest BCUT2D eigenvalue weighted by molar-refractivity contribution is 9.13. The van der Waals surface area contributed by atoms with Crippen LogP contribution in [0.5, 0.6) is 0 Å². The molecule has 0 aliphatic carbocycles. The van der Waals surface area contributed by atoms with Gasteiger partial charge in [0.25, 0.3) is 0 Å². The Hall–Kier alpha value is -2.38. The predicted molar refractivity (Wildman–Crippen MR) is 166 cm³/mol. The molecule has 0 saturated heterocycles. The Morgan fingerprint density at radius 1 is 0.417 bits per heavy atom. The Balaban J connectivity index is 1.80. The van der Waals surface area contributed by atoms with Gasteiger partial charge in [0, 0.05) is 61.0 Å². The van der Waals surface area contributed by atoms with Gasteiger partial charge in [-0.05, 0) is 123 Å². The number of halogens is 4. The van der Waals surface area contributed by atoms with Gasteiger partial charge in [-0.2, -0.15) is 0 Å². The molecule has 0 amide bonds. The summed E-state index contributed by atoms with van der Waals surface area (Å²) in [6.45, 7) is 0. The molecule has 0 atom stereocenters. The summed E-state index contributed by atoms with van der Waals surface area (Å²) >= 11 is 14.9. The third-order valence-corrected chi connectivity index (χ3v) is 10.9. The van der Waals surface area contributed by atoms with E-state index in [2.05, 4.69) is 69.8 Å². The minimum atomic E-state index is 0.00866. The lowest BCUT2D eigenvalue weighted by atomic mass is 9.84. The number of fused-ring (bicyclic) bond motifs is 4. The Bertz CT molecular complexity index is 2400. The monoisotopic (exact) mass is 718 g/mol. The molecule has 0 aliphatic rings. The molecule has 0 aliphatic heterocycles. The Kier molecular flexibility index (Phi) is 4.30. The molecule has 8 aromatic rings. The van der Waals surface area contributed by atoms with Crippen LogP contribution in [0, 0.1) is 0 Å². The fraction of sp³-hybridized carbons (Fsp3) is 0. The number of hydrogen-bond acceptors (Lipinski definition) is 2. The van der Waals surface area contributed by atoms with E-state index in [0.29, 0.717) is 21.5 Å². The molecular formula is C30H10Br4O2. The molecule has 0 radical (unpaired) electrons. The van der Waals surface area contributed by atoms with Crippen molar-refractivity contribution in [3.05, 3.63) is 99.0 Å². The van der Waals surface area contributed by atoms with E-state index in [9.17, 15) is 9.59 Å². The van der Waals surface area contributed by atoms with Gasteiger partial charge in [0.2, 0.25) is 0 Å². The fourth-order valence-corrected chi connectivity index (χ4v) is 8.07. The average molecular weight is 722 g/mol. The second-order valence-corrected chi connectivity index (χ2v) is 12.6. The summed E-state index contributed by atoms with van der Waals surface area (Å²) in [6, 6.07) is 19.8. The highest BCUT2D eigenvalue weighted by Crippen LogP contribution is 2.50. The molecule has 2 nitrogen and oxygen atoms in total.